The number of carboxylic acid groups (broad SMARTS) is 1. The third kappa shape index (κ3) is 3.79. The van der Waals surface area contributed by atoms with Gasteiger partial charge in [0.05, 0.1) is 5.56 Å². The van der Waals surface area contributed by atoms with Crippen molar-refractivity contribution in [3.8, 4) is 0 Å². The molecule has 0 saturated heterocycles. The van der Waals surface area contributed by atoms with Crippen molar-refractivity contribution >= 4 is 27.3 Å². The summed E-state index contributed by atoms with van der Waals surface area (Å²) < 4.78 is 26.3. The molecule has 1 rings (SSSR count). The molecule has 1 heterocycles. The Labute approximate surface area is 105 Å². The average Bonchev–Trinajstić information content (AvgIpc) is 2.65. The smallest absolute Gasteiger partial charge is 0.336 e. The summed E-state index contributed by atoms with van der Waals surface area (Å²) in [5, 5.41) is 10.0. The van der Waals surface area contributed by atoms with E-state index in [9.17, 15) is 13.2 Å². The molecule has 0 aliphatic carbocycles. The van der Waals surface area contributed by atoms with Gasteiger partial charge in [-0.05, 0) is 19.4 Å². The lowest BCUT2D eigenvalue weighted by Crippen LogP contribution is -2.31. The number of hydrogen-bond acceptors (Lipinski definition) is 4. The van der Waals surface area contributed by atoms with Crippen LogP contribution in [0, 0.1) is 0 Å². The fraction of sp³-hybridized carbons (Fsp3) is 0.500. The van der Waals surface area contributed by atoms with Gasteiger partial charge in [0, 0.05) is 11.4 Å². The second-order valence-corrected chi connectivity index (χ2v) is 6.62. The Bertz CT molecular complexity index is 492. The van der Waals surface area contributed by atoms with E-state index in [0.29, 0.717) is 0 Å². The van der Waals surface area contributed by atoms with Crippen LogP contribution >= 0.6 is 11.3 Å². The molecule has 1 unspecified atom stereocenters. The summed E-state index contributed by atoms with van der Waals surface area (Å²) in [6.07, 6.45) is 1.63. The van der Waals surface area contributed by atoms with Gasteiger partial charge in [-0.15, -0.1) is 11.3 Å². The van der Waals surface area contributed by atoms with Gasteiger partial charge in [0.1, 0.15) is 4.21 Å². The lowest BCUT2D eigenvalue weighted by atomic mass is 10.2. The van der Waals surface area contributed by atoms with Crippen molar-refractivity contribution in [3.05, 3.63) is 17.0 Å². The summed E-state index contributed by atoms with van der Waals surface area (Å²) in [7, 11) is -3.59. The van der Waals surface area contributed by atoms with Crippen LogP contribution in [0.1, 0.15) is 37.0 Å². The Morgan fingerprint density at radius 1 is 1.59 bits per heavy atom. The van der Waals surface area contributed by atoms with Crippen LogP contribution in [0.4, 0.5) is 0 Å². The molecule has 5 nitrogen and oxygen atoms in total. The van der Waals surface area contributed by atoms with Gasteiger partial charge >= 0.3 is 5.97 Å². The first kappa shape index (κ1) is 14.1. The number of aromatic carboxylic acids is 1. The molecule has 1 aromatic heterocycles. The summed E-state index contributed by atoms with van der Waals surface area (Å²) >= 11 is 0.914. The van der Waals surface area contributed by atoms with Crippen molar-refractivity contribution < 1.29 is 18.3 Å². The van der Waals surface area contributed by atoms with E-state index in [1.54, 1.807) is 6.92 Å². The molecule has 7 heteroatoms. The van der Waals surface area contributed by atoms with Gasteiger partial charge in [-0.2, -0.15) is 0 Å². The standard InChI is InChI=1S/C10H15NO4S2/c1-3-4-7(2)11-17(14,15)9-5-8(6-16-9)10(12)13/h5-7,11H,3-4H2,1-2H3,(H,12,13). The molecule has 0 bridgehead atoms. The third-order valence-corrected chi connectivity index (χ3v) is 5.19. The Hall–Kier alpha value is -0.920. The molecular weight excluding hydrogens is 262 g/mol. The van der Waals surface area contributed by atoms with Gasteiger partial charge in [0.15, 0.2) is 0 Å². The molecule has 0 aromatic carbocycles. The summed E-state index contributed by atoms with van der Waals surface area (Å²) in [5.74, 6) is -1.12. The second kappa shape index (κ2) is 5.61. The van der Waals surface area contributed by atoms with Crippen molar-refractivity contribution in [1.82, 2.24) is 4.72 Å². The van der Waals surface area contributed by atoms with Crippen LogP contribution in [0.25, 0.3) is 0 Å². The van der Waals surface area contributed by atoms with Crippen molar-refractivity contribution in [1.29, 1.82) is 0 Å². The fourth-order valence-electron chi connectivity index (χ4n) is 1.38. The molecule has 0 radical (unpaired) electrons. The first-order valence-corrected chi connectivity index (χ1v) is 7.57. The maximum absolute atomic E-state index is 11.9. The normalized spacial score (nSPS) is 13.5. The summed E-state index contributed by atoms with van der Waals surface area (Å²) in [5.41, 5.74) is -0.00137. The Morgan fingerprint density at radius 2 is 2.24 bits per heavy atom. The van der Waals surface area contributed by atoms with E-state index in [-0.39, 0.29) is 15.8 Å². The number of nitrogens with one attached hydrogen (secondary N) is 1. The monoisotopic (exact) mass is 277 g/mol. The van der Waals surface area contributed by atoms with E-state index in [2.05, 4.69) is 4.72 Å². The number of sulfonamides is 1. The minimum Gasteiger partial charge on any atom is -0.478 e. The number of carbonyl (C=O) groups is 1. The first-order chi connectivity index (χ1) is 7.86. The molecule has 1 atom stereocenters. The van der Waals surface area contributed by atoms with E-state index in [0.717, 1.165) is 24.2 Å². The Morgan fingerprint density at radius 3 is 2.71 bits per heavy atom. The molecule has 96 valence electrons. The predicted molar refractivity (Wildman–Crippen MR) is 66.0 cm³/mol. The summed E-state index contributed by atoms with van der Waals surface area (Å²) in [6.45, 7) is 3.76. The lowest BCUT2D eigenvalue weighted by molar-refractivity contribution is 0.0697. The molecule has 0 aliphatic heterocycles. The number of hydrogen-bond donors (Lipinski definition) is 2. The molecule has 17 heavy (non-hydrogen) atoms. The number of rotatable bonds is 6. The van der Waals surface area contributed by atoms with Crippen molar-refractivity contribution in [2.75, 3.05) is 0 Å². The van der Waals surface area contributed by atoms with E-state index >= 15 is 0 Å². The largest absolute Gasteiger partial charge is 0.478 e. The van der Waals surface area contributed by atoms with Crippen molar-refractivity contribution in [2.45, 2.75) is 36.9 Å². The highest BCUT2D eigenvalue weighted by Gasteiger charge is 2.20. The van der Waals surface area contributed by atoms with E-state index in [1.165, 1.54) is 11.4 Å². The van der Waals surface area contributed by atoms with Gasteiger partial charge in [0.2, 0.25) is 10.0 Å². The molecule has 1 aromatic rings. The molecule has 0 spiro atoms. The highest BCUT2D eigenvalue weighted by molar-refractivity contribution is 7.91. The number of carboxylic acids is 1. The molecule has 0 saturated carbocycles. The van der Waals surface area contributed by atoms with Gasteiger partial charge in [-0.1, -0.05) is 13.3 Å². The highest BCUT2D eigenvalue weighted by atomic mass is 32.2. The lowest BCUT2D eigenvalue weighted by Gasteiger charge is -2.11. The van der Waals surface area contributed by atoms with Crippen LogP contribution in [0.2, 0.25) is 0 Å². The van der Waals surface area contributed by atoms with Crippen LogP contribution in [0.3, 0.4) is 0 Å². The maximum Gasteiger partial charge on any atom is 0.336 e. The first-order valence-electron chi connectivity index (χ1n) is 5.21. The van der Waals surface area contributed by atoms with Crippen LogP contribution in [0.5, 0.6) is 0 Å². The molecule has 0 amide bonds. The van der Waals surface area contributed by atoms with Gasteiger partial charge < -0.3 is 5.11 Å². The van der Waals surface area contributed by atoms with E-state index in [4.69, 9.17) is 5.11 Å². The SMILES string of the molecule is CCCC(C)NS(=O)(=O)c1cc(C(=O)O)cs1. The second-order valence-electron chi connectivity index (χ2n) is 3.77. The van der Waals surface area contributed by atoms with E-state index < -0.39 is 16.0 Å². The van der Waals surface area contributed by atoms with Crippen LogP contribution < -0.4 is 4.72 Å². The topological polar surface area (TPSA) is 83.5 Å². The Kier molecular flexibility index (Phi) is 4.67. The van der Waals surface area contributed by atoms with Gasteiger partial charge in [0.25, 0.3) is 0 Å². The molecule has 0 aliphatic rings. The molecular formula is C10H15NO4S2. The zero-order valence-electron chi connectivity index (χ0n) is 9.63. The summed E-state index contributed by atoms with van der Waals surface area (Å²) in [6, 6.07) is 1.02. The van der Waals surface area contributed by atoms with Crippen molar-refractivity contribution in [2.24, 2.45) is 0 Å². The minimum absolute atomic E-state index is 0.00137. The van der Waals surface area contributed by atoms with Crippen molar-refractivity contribution in [3.63, 3.8) is 0 Å². The Balaban J connectivity index is 2.86. The highest BCUT2D eigenvalue weighted by Crippen LogP contribution is 2.20. The molecule has 2 N–H and O–H groups in total. The van der Waals surface area contributed by atoms with Crippen LogP contribution in [0.15, 0.2) is 15.7 Å². The zero-order chi connectivity index (χ0) is 13.1. The maximum atomic E-state index is 11.9. The van der Waals surface area contributed by atoms with Crippen LogP contribution in [-0.2, 0) is 10.0 Å². The quantitative estimate of drug-likeness (QED) is 0.832. The number of thiophene rings is 1. The average molecular weight is 277 g/mol. The summed E-state index contributed by atoms with van der Waals surface area (Å²) in [4.78, 5) is 10.7. The van der Waals surface area contributed by atoms with Gasteiger partial charge in [-0.3, -0.25) is 0 Å². The third-order valence-electron chi connectivity index (χ3n) is 2.17. The van der Waals surface area contributed by atoms with Crippen LogP contribution in [-0.4, -0.2) is 25.5 Å². The minimum atomic E-state index is -3.59. The zero-order valence-corrected chi connectivity index (χ0v) is 11.3. The van der Waals surface area contributed by atoms with E-state index in [1.807, 2.05) is 6.92 Å². The van der Waals surface area contributed by atoms with Gasteiger partial charge in [-0.25, -0.2) is 17.9 Å². The predicted octanol–water partition coefficient (Wildman–Crippen LogP) is 1.91. The fourth-order valence-corrected chi connectivity index (χ4v) is 3.83. The molecule has 0 fully saturated rings.